The van der Waals surface area contributed by atoms with Gasteiger partial charge >= 0.3 is 0 Å². The molecule has 1 aliphatic rings. The van der Waals surface area contributed by atoms with Crippen LogP contribution in [0.25, 0.3) is 0 Å². The molecule has 0 aliphatic heterocycles. The third-order valence-corrected chi connectivity index (χ3v) is 3.87. The molecular weight excluding hydrogens is 240 g/mol. The Kier molecular flexibility index (Phi) is 5.45. The van der Waals surface area contributed by atoms with Crippen LogP contribution in [0.2, 0.25) is 0 Å². The first-order valence-corrected chi connectivity index (χ1v) is 7.33. The molecule has 4 heteroatoms. The van der Waals surface area contributed by atoms with Crippen molar-refractivity contribution in [2.24, 2.45) is 5.73 Å². The highest BCUT2D eigenvalue weighted by Crippen LogP contribution is 2.23. The van der Waals surface area contributed by atoms with E-state index in [2.05, 4.69) is 0 Å². The number of rotatable bonds is 6. The Morgan fingerprint density at radius 3 is 2.79 bits per heavy atom. The van der Waals surface area contributed by atoms with Crippen LogP contribution in [0, 0.1) is 0 Å². The van der Waals surface area contributed by atoms with Gasteiger partial charge in [-0.2, -0.15) is 0 Å². The first-order chi connectivity index (χ1) is 9.31. The third-order valence-electron chi connectivity index (χ3n) is 3.87. The van der Waals surface area contributed by atoms with E-state index in [1.165, 1.54) is 19.3 Å². The average Bonchev–Trinajstić information content (AvgIpc) is 2.96. The molecule has 1 aliphatic carbocycles. The van der Waals surface area contributed by atoms with Crippen molar-refractivity contribution in [3.8, 4) is 0 Å². The molecule has 1 amide bonds. The monoisotopic (exact) mass is 264 g/mol. The molecule has 0 radical (unpaired) electrons. The van der Waals surface area contributed by atoms with E-state index in [1.54, 1.807) is 6.26 Å². The molecule has 106 valence electrons. The van der Waals surface area contributed by atoms with Crippen LogP contribution in [0.4, 0.5) is 0 Å². The van der Waals surface area contributed by atoms with Crippen LogP contribution >= 0.6 is 0 Å². The number of furan rings is 1. The fourth-order valence-electron chi connectivity index (χ4n) is 2.87. The lowest BCUT2D eigenvalue weighted by Gasteiger charge is -2.34. The molecule has 1 heterocycles. The number of hydrogen-bond acceptors (Lipinski definition) is 3. The second kappa shape index (κ2) is 7.34. The van der Waals surface area contributed by atoms with Crippen molar-refractivity contribution in [2.75, 3.05) is 13.1 Å². The molecule has 0 spiro atoms. The van der Waals surface area contributed by atoms with Crippen LogP contribution in [-0.4, -0.2) is 29.9 Å². The van der Waals surface area contributed by atoms with Gasteiger partial charge in [0.05, 0.1) is 6.26 Å². The Morgan fingerprint density at radius 2 is 2.16 bits per heavy atom. The second-order valence-corrected chi connectivity index (χ2v) is 5.25. The van der Waals surface area contributed by atoms with Gasteiger partial charge in [0.1, 0.15) is 5.76 Å². The Morgan fingerprint density at radius 1 is 1.37 bits per heavy atom. The molecule has 1 aromatic heterocycles. The molecule has 0 saturated heterocycles. The van der Waals surface area contributed by atoms with Gasteiger partial charge in [-0.15, -0.1) is 0 Å². The molecule has 0 bridgehead atoms. The summed E-state index contributed by atoms with van der Waals surface area (Å²) in [5.41, 5.74) is 5.65. The normalized spacial score (nSPS) is 16.5. The van der Waals surface area contributed by atoms with Gasteiger partial charge in [-0.05, 0) is 25.0 Å². The molecule has 0 aromatic carbocycles. The maximum absolute atomic E-state index is 12.4. The first kappa shape index (κ1) is 14.1. The van der Waals surface area contributed by atoms with Gasteiger partial charge in [0, 0.05) is 32.0 Å². The van der Waals surface area contributed by atoms with E-state index >= 15 is 0 Å². The summed E-state index contributed by atoms with van der Waals surface area (Å²) in [6.45, 7) is 1.23. The quantitative estimate of drug-likeness (QED) is 0.858. The van der Waals surface area contributed by atoms with Crippen molar-refractivity contribution in [3.63, 3.8) is 0 Å². The van der Waals surface area contributed by atoms with E-state index in [1.807, 2.05) is 17.0 Å². The van der Waals surface area contributed by atoms with Crippen molar-refractivity contribution in [1.82, 2.24) is 4.90 Å². The molecule has 0 unspecified atom stereocenters. The molecule has 2 N–H and O–H groups in total. The zero-order chi connectivity index (χ0) is 13.5. The fourth-order valence-corrected chi connectivity index (χ4v) is 2.87. The number of nitrogens with two attached hydrogens (primary N) is 1. The zero-order valence-electron chi connectivity index (χ0n) is 11.5. The number of nitrogens with zero attached hydrogens (tertiary/aromatic N) is 1. The standard InChI is InChI=1S/C15H24N2O2/c16-10-11-17(13-5-2-1-3-6-13)15(18)9-8-14-7-4-12-19-14/h4,7,12-13H,1-3,5-6,8-11,16H2. The van der Waals surface area contributed by atoms with Gasteiger partial charge < -0.3 is 15.1 Å². The van der Waals surface area contributed by atoms with Gasteiger partial charge in [0.2, 0.25) is 5.91 Å². The van der Waals surface area contributed by atoms with E-state index in [9.17, 15) is 4.79 Å². The van der Waals surface area contributed by atoms with Crippen LogP contribution in [0.15, 0.2) is 22.8 Å². The van der Waals surface area contributed by atoms with Gasteiger partial charge in [-0.1, -0.05) is 19.3 Å². The molecular formula is C15H24N2O2. The van der Waals surface area contributed by atoms with Crippen LogP contribution in [0.5, 0.6) is 0 Å². The molecule has 1 fully saturated rings. The van der Waals surface area contributed by atoms with Gasteiger partial charge in [0.25, 0.3) is 0 Å². The predicted octanol–water partition coefficient (Wildman–Crippen LogP) is 2.33. The smallest absolute Gasteiger partial charge is 0.223 e. The van der Waals surface area contributed by atoms with Crippen molar-refractivity contribution in [3.05, 3.63) is 24.2 Å². The minimum absolute atomic E-state index is 0.216. The SMILES string of the molecule is NCCN(C(=O)CCc1ccco1)C1CCCCC1. The zero-order valence-corrected chi connectivity index (χ0v) is 11.5. The molecule has 1 saturated carbocycles. The van der Waals surface area contributed by atoms with Crippen LogP contribution in [0.3, 0.4) is 0 Å². The summed E-state index contributed by atoms with van der Waals surface area (Å²) in [6.07, 6.45) is 8.88. The summed E-state index contributed by atoms with van der Waals surface area (Å²) in [5.74, 6) is 1.10. The minimum Gasteiger partial charge on any atom is -0.469 e. The van der Waals surface area contributed by atoms with E-state index in [-0.39, 0.29) is 5.91 Å². The number of carbonyl (C=O) groups excluding carboxylic acids is 1. The molecule has 4 nitrogen and oxygen atoms in total. The van der Waals surface area contributed by atoms with Crippen LogP contribution in [0.1, 0.15) is 44.3 Å². The van der Waals surface area contributed by atoms with Gasteiger partial charge in [-0.3, -0.25) is 4.79 Å². The summed E-state index contributed by atoms with van der Waals surface area (Å²) < 4.78 is 5.27. The van der Waals surface area contributed by atoms with Gasteiger partial charge in [0.15, 0.2) is 0 Å². The maximum atomic E-state index is 12.4. The molecule has 19 heavy (non-hydrogen) atoms. The Bertz CT molecular complexity index is 370. The lowest BCUT2D eigenvalue weighted by Crippen LogP contribution is -2.44. The lowest BCUT2D eigenvalue weighted by atomic mass is 9.94. The largest absolute Gasteiger partial charge is 0.469 e. The fraction of sp³-hybridized carbons (Fsp3) is 0.667. The average molecular weight is 264 g/mol. The van der Waals surface area contributed by atoms with Crippen molar-refractivity contribution < 1.29 is 9.21 Å². The number of aryl methyl sites for hydroxylation is 1. The van der Waals surface area contributed by atoms with Gasteiger partial charge in [-0.25, -0.2) is 0 Å². The Labute approximate surface area is 114 Å². The van der Waals surface area contributed by atoms with Crippen molar-refractivity contribution >= 4 is 5.91 Å². The predicted molar refractivity (Wildman–Crippen MR) is 74.7 cm³/mol. The lowest BCUT2D eigenvalue weighted by molar-refractivity contribution is -0.134. The van der Waals surface area contributed by atoms with E-state index in [0.717, 1.165) is 18.6 Å². The number of carbonyl (C=O) groups is 1. The minimum atomic E-state index is 0.216. The third kappa shape index (κ3) is 4.10. The topological polar surface area (TPSA) is 59.5 Å². The summed E-state index contributed by atoms with van der Waals surface area (Å²) in [6, 6.07) is 4.18. The Hall–Kier alpha value is -1.29. The van der Waals surface area contributed by atoms with Crippen LogP contribution in [-0.2, 0) is 11.2 Å². The number of hydrogen-bond donors (Lipinski definition) is 1. The number of amides is 1. The second-order valence-electron chi connectivity index (χ2n) is 5.25. The molecule has 0 atom stereocenters. The highest BCUT2D eigenvalue weighted by molar-refractivity contribution is 5.76. The Balaban J connectivity index is 1.87. The van der Waals surface area contributed by atoms with Crippen molar-refractivity contribution in [2.45, 2.75) is 51.0 Å². The summed E-state index contributed by atoms with van der Waals surface area (Å²) in [4.78, 5) is 14.4. The first-order valence-electron chi connectivity index (χ1n) is 7.33. The van der Waals surface area contributed by atoms with E-state index < -0.39 is 0 Å². The maximum Gasteiger partial charge on any atom is 0.223 e. The molecule has 1 aromatic rings. The van der Waals surface area contributed by atoms with E-state index in [4.69, 9.17) is 10.2 Å². The van der Waals surface area contributed by atoms with Crippen molar-refractivity contribution in [1.29, 1.82) is 0 Å². The van der Waals surface area contributed by atoms with E-state index in [0.29, 0.717) is 32.0 Å². The summed E-state index contributed by atoms with van der Waals surface area (Å²) in [5, 5.41) is 0. The van der Waals surface area contributed by atoms with Crippen LogP contribution < -0.4 is 5.73 Å². The molecule has 2 rings (SSSR count). The highest BCUT2D eigenvalue weighted by atomic mass is 16.3. The highest BCUT2D eigenvalue weighted by Gasteiger charge is 2.24. The summed E-state index contributed by atoms with van der Waals surface area (Å²) in [7, 11) is 0. The summed E-state index contributed by atoms with van der Waals surface area (Å²) >= 11 is 0.